The van der Waals surface area contributed by atoms with Crippen LogP contribution in [-0.2, 0) is 11.8 Å². The summed E-state index contributed by atoms with van der Waals surface area (Å²) in [7, 11) is 1.56. The molecule has 0 fully saturated rings. The number of nitrogens with one attached hydrogen (secondary N) is 3. The minimum atomic E-state index is -0.292. The van der Waals surface area contributed by atoms with Crippen LogP contribution in [0.2, 0.25) is 5.02 Å². The molecule has 0 saturated heterocycles. The van der Waals surface area contributed by atoms with Crippen LogP contribution in [0.1, 0.15) is 11.1 Å². The number of aryl methyl sites for hydroxylation is 1. The average molecular weight is 584 g/mol. The maximum atomic E-state index is 11.7. The Hall–Kier alpha value is -1.49. The number of rotatable bonds is 5. The Bertz CT molecular complexity index is 971. The number of benzene rings is 1. The molecular formula is C15H14BrClIN6O2P. The minimum Gasteiger partial charge on any atom is -0.407 e. The molecule has 0 radical (unpaired) electrons. The number of nitrogens with two attached hydrogens (primary N) is 1. The summed E-state index contributed by atoms with van der Waals surface area (Å²) in [5.41, 5.74) is 7.39. The number of nitrogens with zero attached hydrogens (tertiary/aromatic N) is 2. The van der Waals surface area contributed by atoms with E-state index in [4.69, 9.17) is 32.9 Å². The average Bonchev–Trinajstić information content (AvgIpc) is 2.62. The second-order valence-electron chi connectivity index (χ2n) is 5.10. The molecule has 5 N–H and O–H groups in total. The van der Waals surface area contributed by atoms with Crippen molar-refractivity contribution in [2.45, 2.75) is 0 Å². The van der Waals surface area contributed by atoms with Crippen molar-refractivity contribution < 1.29 is 4.74 Å². The normalized spacial score (nSPS) is 11.6. The summed E-state index contributed by atoms with van der Waals surface area (Å²) in [5, 5.41) is 18.9. The Balaban J connectivity index is 2.29. The Kier molecular flexibility index (Phi) is 7.78. The number of hydrogen-bond acceptors (Lipinski definition) is 6. The first kappa shape index (κ1) is 21.8. The Morgan fingerprint density at radius 3 is 2.85 bits per heavy atom. The Morgan fingerprint density at radius 2 is 2.26 bits per heavy atom. The van der Waals surface area contributed by atoms with E-state index in [1.165, 1.54) is 16.8 Å². The zero-order valence-electron chi connectivity index (χ0n) is 13.8. The zero-order chi connectivity index (χ0) is 20.1. The first-order valence-corrected chi connectivity index (χ1v) is 12.5. The third-order valence-electron chi connectivity index (χ3n) is 3.32. The molecule has 0 bridgehead atoms. The number of hydrogen-bond donors (Lipinski definition) is 4. The van der Waals surface area contributed by atoms with Crippen molar-refractivity contribution >= 4 is 85.5 Å². The lowest BCUT2D eigenvalue weighted by Crippen LogP contribution is -2.23. The van der Waals surface area contributed by atoms with Gasteiger partial charge in [-0.1, -0.05) is 11.6 Å². The van der Waals surface area contributed by atoms with Crippen molar-refractivity contribution in [2.24, 2.45) is 17.8 Å². The van der Waals surface area contributed by atoms with Crippen LogP contribution in [0, 0.1) is 10.8 Å². The predicted molar refractivity (Wildman–Crippen MR) is 124 cm³/mol. The number of anilines is 1. The molecule has 1 atom stereocenters. The summed E-state index contributed by atoms with van der Waals surface area (Å²) in [6, 6.07) is 4.54. The standard InChI is InChI=1S/C15H14BrClIN6O2P/c1-24-6-7(4-9(16)14(24)25)13(20)26-15(21)22-11-3-2-10(23-27-18)8(5-19)12(11)17/h2-6,19-20,23,27H,1H3,(H2,21,22). The van der Waals surface area contributed by atoms with Gasteiger partial charge in [0.05, 0.1) is 20.7 Å². The zero-order valence-corrected chi connectivity index (χ0v) is 19.3. The molecule has 12 heteroatoms. The summed E-state index contributed by atoms with van der Waals surface area (Å²) in [6.45, 7) is 0. The number of amidine groups is 1. The molecule has 1 aromatic heterocycles. The van der Waals surface area contributed by atoms with Crippen LogP contribution in [0.3, 0.4) is 0 Å². The van der Waals surface area contributed by atoms with Gasteiger partial charge < -0.3 is 25.5 Å². The number of pyridine rings is 1. The number of ether oxygens (including phenoxy) is 1. The lowest BCUT2D eigenvalue weighted by atomic mass is 10.1. The number of halogens is 3. The molecule has 0 amide bonds. The van der Waals surface area contributed by atoms with Gasteiger partial charge >= 0.3 is 0 Å². The van der Waals surface area contributed by atoms with Crippen molar-refractivity contribution in [2.75, 3.05) is 5.09 Å². The van der Waals surface area contributed by atoms with Gasteiger partial charge in [-0.3, -0.25) is 10.2 Å². The van der Waals surface area contributed by atoms with Gasteiger partial charge in [-0.25, -0.2) is 0 Å². The monoisotopic (exact) mass is 582 g/mol. The van der Waals surface area contributed by atoms with Crippen LogP contribution >= 0.6 is 55.9 Å². The fourth-order valence-corrected chi connectivity index (χ4v) is 4.05. The third kappa shape index (κ3) is 5.28. The Morgan fingerprint density at radius 1 is 1.56 bits per heavy atom. The third-order valence-corrected chi connectivity index (χ3v) is 5.46. The number of aromatic nitrogens is 1. The smallest absolute Gasteiger partial charge is 0.294 e. The van der Waals surface area contributed by atoms with Crippen LogP contribution in [0.5, 0.6) is 0 Å². The van der Waals surface area contributed by atoms with Gasteiger partial charge in [-0.2, -0.15) is 4.99 Å². The molecule has 2 aromatic rings. The quantitative estimate of drug-likeness (QED) is 0.183. The van der Waals surface area contributed by atoms with Crippen LogP contribution in [-0.4, -0.2) is 22.7 Å². The van der Waals surface area contributed by atoms with E-state index >= 15 is 0 Å². The molecule has 0 spiro atoms. The molecule has 1 aromatic carbocycles. The lowest BCUT2D eigenvalue weighted by Gasteiger charge is -2.11. The van der Waals surface area contributed by atoms with Gasteiger partial charge in [0.1, 0.15) is 0 Å². The summed E-state index contributed by atoms with van der Waals surface area (Å²) < 4.78 is 6.85. The van der Waals surface area contributed by atoms with Crippen LogP contribution < -0.4 is 16.4 Å². The van der Waals surface area contributed by atoms with Crippen molar-refractivity contribution in [3.8, 4) is 0 Å². The SMILES string of the molecule is Cn1cc(C(=N)OC(N)=Nc2ccc(NPI)c(C=N)c2Cl)cc(Br)c1=O. The summed E-state index contributed by atoms with van der Waals surface area (Å²) in [4.78, 5) is 15.8. The van der Waals surface area contributed by atoms with E-state index in [0.29, 0.717) is 33.3 Å². The maximum absolute atomic E-state index is 11.7. The van der Waals surface area contributed by atoms with E-state index in [-0.39, 0.29) is 22.5 Å². The highest BCUT2D eigenvalue weighted by molar-refractivity contribution is 14.2. The fourth-order valence-electron chi connectivity index (χ4n) is 2.07. The van der Waals surface area contributed by atoms with Gasteiger partial charge in [-0.15, -0.1) is 0 Å². The first-order chi connectivity index (χ1) is 12.8. The van der Waals surface area contributed by atoms with Crippen molar-refractivity contribution in [1.82, 2.24) is 4.57 Å². The van der Waals surface area contributed by atoms with Crippen molar-refractivity contribution in [3.05, 3.63) is 55.4 Å². The van der Waals surface area contributed by atoms with E-state index in [9.17, 15) is 4.79 Å². The maximum Gasteiger partial charge on any atom is 0.294 e. The van der Waals surface area contributed by atoms with Gasteiger partial charge in [0.25, 0.3) is 11.6 Å². The summed E-state index contributed by atoms with van der Waals surface area (Å²) in [5.74, 6) is -0.277. The van der Waals surface area contributed by atoms with Gasteiger partial charge in [0.15, 0.2) is 0 Å². The van der Waals surface area contributed by atoms with Crippen LogP contribution in [0.4, 0.5) is 11.4 Å². The second kappa shape index (κ2) is 9.63. The molecule has 142 valence electrons. The van der Waals surface area contributed by atoms with E-state index in [1.807, 2.05) is 0 Å². The summed E-state index contributed by atoms with van der Waals surface area (Å²) >= 11 is 11.6. The van der Waals surface area contributed by atoms with Crippen LogP contribution in [0.25, 0.3) is 0 Å². The fraction of sp³-hybridized carbons (Fsp3) is 0.0667. The highest BCUT2D eigenvalue weighted by Gasteiger charge is 2.13. The molecule has 0 saturated carbocycles. The van der Waals surface area contributed by atoms with E-state index in [1.54, 1.807) is 19.2 Å². The van der Waals surface area contributed by atoms with Gasteiger partial charge in [0, 0.05) is 37.1 Å². The van der Waals surface area contributed by atoms with Crippen LogP contribution in [0.15, 0.2) is 38.7 Å². The topological polar surface area (TPSA) is 129 Å². The van der Waals surface area contributed by atoms with Gasteiger partial charge in [-0.05, 0) is 56.2 Å². The van der Waals surface area contributed by atoms with Crippen molar-refractivity contribution in [1.29, 1.82) is 10.8 Å². The predicted octanol–water partition coefficient (Wildman–Crippen LogP) is 4.14. The molecule has 27 heavy (non-hydrogen) atoms. The first-order valence-electron chi connectivity index (χ1n) is 7.20. The Labute approximate surface area is 183 Å². The molecule has 0 aliphatic carbocycles. The molecule has 1 heterocycles. The molecule has 2 rings (SSSR count). The summed E-state index contributed by atoms with van der Waals surface area (Å²) in [6.07, 6.45) is 3.00. The van der Waals surface area contributed by atoms with E-state index in [0.717, 1.165) is 6.21 Å². The van der Waals surface area contributed by atoms with Crippen molar-refractivity contribution in [3.63, 3.8) is 0 Å². The number of aliphatic imine (C=N–C) groups is 1. The van der Waals surface area contributed by atoms with E-state index < -0.39 is 0 Å². The lowest BCUT2D eigenvalue weighted by molar-refractivity contribution is 0.532. The molecule has 0 aliphatic rings. The minimum absolute atomic E-state index is 0.236. The second-order valence-corrected chi connectivity index (χ2v) is 8.39. The molecule has 0 aliphatic heterocycles. The highest BCUT2D eigenvalue weighted by Crippen LogP contribution is 2.35. The molecule has 8 nitrogen and oxygen atoms in total. The van der Waals surface area contributed by atoms with E-state index in [2.05, 4.69) is 48.1 Å². The van der Waals surface area contributed by atoms with Gasteiger partial charge in [0.2, 0.25) is 5.90 Å². The highest BCUT2D eigenvalue weighted by atomic mass is 127. The molecule has 1 unspecified atom stereocenters. The molecular weight excluding hydrogens is 569 g/mol. The largest absolute Gasteiger partial charge is 0.407 e.